The summed E-state index contributed by atoms with van der Waals surface area (Å²) in [6, 6.07) is 23.9. The third-order valence-electron chi connectivity index (χ3n) is 4.89. The van der Waals surface area contributed by atoms with Gasteiger partial charge in [-0.05, 0) is 43.7 Å². The van der Waals surface area contributed by atoms with Crippen LogP contribution < -0.4 is 15.0 Å². The van der Waals surface area contributed by atoms with E-state index in [1.807, 2.05) is 80.6 Å². The molecule has 1 aliphatic rings. The van der Waals surface area contributed by atoms with Gasteiger partial charge >= 0.3 is 0 Å². The zero-order valence-corrected chi connectivity index (χ0v) is 16.9. The molecule has 1 aliphatic heterocycles. The number of nitrogens with one attached hydrogen (secondary N) is 1. The van der Waals surface area contributed by atoms with E-state index in [0.29, 0.717) is 34.9 Å². The molecule has 0 saturated carbocycles. The van der Waals surface area contributed by atoms with E-state index in [4.69, 9.17) is 4.74 Å². The number of carbonyl (C=O) groups is 2. The molecule has 0 atom stereocenters. The molecule has 0 saturated heterocycles. The lowest BCUT2D eigenvalue weighted by atomic mass is 10.0. The Labute approximate surface area is 175 Å². The van der Waals surface area contributed by atoms with Gasteiger partial charge in [0.25, 0.3) is 11.8 Å². The van der Waals surface area contributed by atoms with Gasteiger partial charge in [-0.25, -0.2) is 4.90 Å². The summed E-state index contributed by atoms with van der Waals surface area (Å²) in [5, 5.41) is 3.18. The van der Waals surface area contributed by atoms with Crippen LogP contribution >= 0.6 is 0 Å². The monoisotopic (exact) mass is 398 g/mol. The Bertz CT molecular complexity index is 1120. The summed E-state index contributed by atoms with van der Waals surface area (Å²) in [5.41, 5.74) is 3.49. The average molecular weight is 398 g/mol. The molecule has 1 N–H and O–H groups in total. The van der Waals surface area contributed by atoms with Gasteiger partial charge in [0.2, 0.25) is 0 Å². The molecular formula is C25H22N2O3. The largest absolute Gasteiger partial charge is 0.492 e. The lowest BCUT2D eigenvalue weighted by Gasteiger charge is -2.16. The number of nitrogens with zero attached hydrogens (tertiary/aromatic N) is 1. The smallest absolute Gasteiger partial charge is 0.282 e. The fraction of sp³-hybridized carbons (Fsp3) is 0.120. The normalized spacial score (nSPS) is 13.7. The van der Waals surface area contributed by atoms with Crippen molar-refractivity contribution in [3.8, 4) is 5.75 Å². The van der Waals surface area contributed by atoms with Crippen LogP contribution in [-0.2, 0) is 9.59 Å². The number of benzene rings is 3. The molecule has 2 amide bonds. The molecule has 30 heavy (non-hydrogen) atoms. The predicted molar refractivity (Wildman–Crippen MR) is 118 cm³/mol. The van der Waals surface area contributed by atoms with Crippen LogP contribution in [0.4, 0.5) is 11.4 Å². The van der Waals surface area contributed by atoms with Crippen molar-refractivity contribution in [2.24, 2.45) is 0 Å². The van der Waals surface area contributed by atoms with E-state index in [0.717, 1.165) is 5.56 Å². The third kappa shape index (κ3) is 3.57. The number of imide groups is 1. The van der Waals surface area contributed by atoms with Crippen LogP contribution in [0.2, 0.25) is 0 Å². The zero-order chi connectivity index (χ0) is 21.1. The van der Waals surface area contributed by atoms with Gasteiger partial charge in [0.1, 0.15) is 11.4 Å². The van der Waals surface area contributed by atoms with Gasteiger partial charge in [0.05, 0.1) is 23.6 Å². The maximum Gasteiger partial charge on any atom is 0.282 e. The topological polar surface area (TPSA) is 58.6 Å². The van der Waals surface area contributed by atoms with Crippen molar-refractivity contribution < 1.29 is 14.3 Å². The van der Waals surface area contributed by atoms with Crippen LogP contribution in [0.1, 0.15) is 18.1 Å². The standard InChI is InChI=1S/C25H22N2O3/c1-3-30-21-12-8-7-11-20(21)26-23-22(18-9-5-4-6-10-18)24(28)27(25(23)29)19-15-13-17(2)14-16-19/h4-16,26H,3H2,1-2H3. The Balaban J connectivity index is 1.81. The summed E-state index contributed by atoms with van der Waals surface area (Å²) >= 11 is 0. The average Bonchev–Trinajstić information content (AvgIpc) is 3.00. The van der Waals surface area contributed by atoms with E-state index in [1.165, 1.54) is 4.90 Å². The highest BCUT2D eigenvalue weighted by Crippen LogP contribution is 2.35. The summed E-state index contributed by atoms with van der Waals surface area (Å²) < 4.78 is 5.68. The van der Waals surface area contributed by atoms with E-state index in [9.17, 15) is 9.59 Å². The zero-order valence-electron chi connectivity index (χ0n) is 16.9. The molecule has 0 spiro atoms. The number of aryl methyl sites for hydroxylation is 1. The highest BCUT2D eigenvalue weighted by Gasteiger charge is 2.40. The third-order valence-corrected chi connectivity index (χ3v) is 4.89. The van der Waals surface area contributed by atoms with Gasteiger partial charge in [0.15, 0.2) is 0 Å². The van der Waals surface area contributed by atoms with Crippen molar-refractivity contribution in [1.29, 1.82) is 0 Å². The second kappa shape index (κ2) is 8.25. The minimum Gasteiger partial charge on any atom is -0.492 e. The fourth-order valence-corrected chi connectivity index (χ4v) is 3.43. The summed E-state index contributed by atoms with van der Waals surface area (Å²) in [6.45, 7) is 4.35. The Morgan fingerprint density at radius 2 is 1.50 bits per heavy atom. The minimum atomic E-state index is -0.394. The molecular weight excluding hydrogens is 376 g/mol. The SMILES string of the molecule is CCOc1ccccc1NC1=C(c2ccccc2)C(=O)N(c2ccc(C)cc2)C1=O. The fourth-order valence-electron chi connectivity index (χ4n) is 3.43. The number of rotatable bonds is 6. The van der Waals surface area contributed by atoms with Crippen LogP contribution in [0.25, 0.3) is 5.57 Å². The number of carbonyl (C=O) groups excluding carboxylic acids is 2. The van der Waals surface area contributed by atoms with Crippen LogP contribution in [0.3, 0.4) is 0 Å². The molecule has 0 bridgehead atoms. The molecule has 3 aromatic carbocycles. The molecule has 0 fully saturated rings. The molecule has 5 heteroatoms. The van der Waals surface area contributed by atoms with Crippen LogP contribution in [0, 0.1) is 6.92 Å². The van der Waals surface area contributed by atoms with Crippen LogP contribution in [0.15, 0.2) is 84.6 Å². The molecule has 0 aliphatic carbocycles. The number of hydrogen-bond acceptors (Lipinski definition) is 4. The number of para-hydroxylation sites is 2. The van der Waals surface area contributed by atoms with Crippen molar-refractivity contribution in [2.45, 2.75) is 13.8 Å². The Kier molecular flexibility index (Phi) is 5.35. The van der Waals surface area contributed by atoms with Crippen molar-refractivity contribution in [3.63, 3.8) is 0 Å². The molecule has 0 radical (unpaired) electrons. The van der Waals surface area contributed by atoms with Crippen molar-refractivity contribution >= 4 is 28.8 Å². The maximum atomic E-state index is 13.4. The quantitative estimate of drug-likeness (QED) is 0.607. The summed E-state index contributed by atoms with van der Waals surface area (Å²) in [7, 11) is 0. The number of hydrogen-bond donors (Lipinski definition) is 1. The molecule has 4 rings (SSSR count). The Morgan fingerprint density at radius 3 is 2.20 bits per heavy atom. The number of amides is 2. The van der Waals surface area contributed by atoms with E-state index in [-0.39, 0.29) is 11.6 Å². The molecule has 3 aromatic rings. The summed E-state index contributed by atoms with van der Waals surface area (Å²) in [5.74, 6) is -0.130. The first-order valence-corrected chi connectivity index (χ1v) is 9.84. The number of anilines is 2. The molecule has 150 valence electrons. The first-order valence-electron chi connectivity index (χ1n) is 9.84. The first kappa shape index (κ1) is 19.5. The van der Waals surface area contributed by atoms with E-state index < -0.39 is 5.91 Å². The predicted octanol–water partition coefficient (Wildman–Crippen LogP) is 4.79. The van der Waals surface area contributed by atoms with Gasteiger partial charge in [-0.2, -0.15) is 0 Å². The lowest BCUT2D eigenvalue weighted by molar-refractivity contribution is -0.120. The van der Waals surface area contributed by atoms with Gasteiger partial charge in [0, 0.05) is 0 Å². The Hall–Kier alpha value is -3.86. The van der Waals surface area contributed by atoms with Crippen molar-refractivity contribution in [3.05, 3.63) is 95.7 Å². The summed E-state index contributed by atoms with van der Waals surface area (Å²) in [6.07, 6.45) is 0. The van der Waals surface area contributed by atoms with E-state index in [2.05, 4.69) is 5.32 Å². The van der Waals surface area contributed by atoms with E-state index in [1.54, 1.807) is 12.1 Å². The highest BCUT2D eigenvalue weighted by atomic mass is 16.5. The van der Waals surface area contributed by atoms with Crippen molar-refractivity contribution in [1.82, 2.24) is 0 Å². The molecule has 0 aromatic heterocycles. The molecule has 1 heterocycles. The minimum absolute atomic E-state index is 0.235. The molecule has 0 unspecified atom stereocenters. The van der Waals surface area contributed by atoms with Crippen LogP contribution in [0.5, 0.6) is 5.75 Å². The highest BCUT2D eigenvalue weighted by molar-refractivity contribution is 6.46. The summed E-state index contributed by atoms with van der Waals surface area (Å²) in [4.78, 5) is 28.0. The second-order valence-corrected chi connectivity index (χ2v) is 6.95. The molecule has 5 nitrogen and oxygen atoms in total. The van der Waals surface area contributed by atoms with Gasteiger partial charge in [-0.15, -0.1) is 0 Å². The Morgan fingerprint density at radius 1 is 0.833 bits per heavy atom. The van der Waals surface area contributed by atoms with Gasteiger partial charge < -0.3 is 10.1 Å². The first-order chi connectivity index (χ1) is 14.6. The van der Waals surface area contributed by atoms with Gasteiger partial charge in [-0.3, -0.25) is 9.59 Å². The maximum absolute atomic E-state index is 13.4. The van der Waals surface area contributed by atoms with Gasteiger partial charge in [-0.1, -0.05) is 60.2 Å². The van der Waals surface area contributed by atoms with Crippen LogP contribution in [-0.4, -0.2) is 18.4 Å². The van der Waals surface area contributed by atoms with E-state index >= 15 is 0 Å². The second-order valence-electron chi connectivity index (χ2n) is 6.95. The van der Waals surface area contributed by atoms with Crippen molar-refractivity contribution in [2.75, 3.05) is 16.8 Å². The lowest BCUT2D eigenvalue weighted by Crippen LogP contribution is -2.32. The number of ether oxygens (including phenoxy) is 1.